The number of aryl methyl sites for hydroxylation is 3. The topological polar surface area (TPSA) is 43.8 Å². The lowest BCUT2D eigenvalue weighted by Crippen LogP contribution is -2.04. The van der Waals surface area contributed by atoms with Gasteiger partial charge in [0.15, 0.2) is 0 Å². The first-order valence-electron chi connectivity index (χ1n) is 5.54. The van der Waals surface area contributed by atoms with Crippen LogP contribution in [0.5, 0.6) is 0 Å². The van der Waals surface area contributed by atoms with Gasteiger partial charge in [-0.2, -0.15) is 5.10 Å². The van der Waals surface area contributed by atoms with Crippen LogP contribution in [0.15, 0.2) is 24.3 Å². The van der Waals surface area contributed by atoms with E-state index in [1.54, 1.807) is 0 Å². The summed E-state index contributed by atoms with van der Waals surface area (Å²) in [6.07, 6.45) is 0.905. The molecular weight excluding hydrogens is 198 g/mol. The summed E-state index contributed by atoms with van der Waals surface area (Å²) in [6.45, 7) is 6.22. The maximum atomic E-state index is 5.97. The first-order chi connectivity index (χ1) is 7.61. The van der Waals surface area contributed by atoms with Gasteiger partial charge in [-0.1, -0.05) is 19.1 Å². The van der Waals surface area contributed by atoms with Crippen LogP contribution in [0.1, 0.15) is 23.7 Å². The largest absolute Gasteiger partial charge is 0.384 e. The van der Waals surface area contributed by atoms with E-state index in [1.165, 1.54) is 11.1 Å². The predicted octanol–water partition coefficient (Wildman–Crippen LogP) is 2.63. The molecular formula is C13H17N3. The fourth-order valence-corrected chi connectivity index (χ4v) is 1.76. The third-order valence-corrected chi connectivity index (χ3v) is 2.74. The number of nitrogens with two attached hydrogens (primary N) is 1. The van der Waals surface area contributed by atoms with Gasteiger partial charge in [0, 0.05) is 6.07 Å². The molecule has 0 saturated heterocycles. The van der Waals surface area contributed by atoms with Gasteiger partial charge in [0.2, 0.25) is 0 Å². The van der Waals surface area contributed by atoms with Gasteiger partial charge in [-0.25, -0.2) is 4.68 Å². The molecule has 0 fully saturated rings. The Balaban J connectivity index is 2.57. The van der Waals surface area contributed by atoms with E-state index in [0.29, 0.717) is 5.82 Å². The molecule has 0 aliphatic rings. The minimum atomic E-state index is 0.700. The van der Waals surface area contributed by atoms with Gasteiger partial charge in [0.05, 0.1) is 11.4 Å². The number of rotatable bonds is 2. The number of aromatic nitrogens is 2. The fraction of sp³-hybridized carbons (Fsp3) is 0.308. The van der Waals surface area contributed by atoms with E-state index >= 15 is 0 Å². The van der Waals surface area contributed by atoms with Crippen molar-refractivity contribution in [3.8, 4) is 5.69 Å². The van der Waals surface area contributed by atoms with E-state index in [0.717, 1.165) is 17.8 Å². The smallest absolute Gasteiger partial charge is 0.127 e. The van der Waals surface area contributed by atoms with Crippen molar-refractivity contribution in [2.45, 2.75) is 27.2 Å². The summed E-state index contributed by atoms with van der Waals surface area (Å²) in [5.74, 6) is 0.700. The second kappa shape index (κ2) is 4.00. The molecule has 1 aromatic carbocycles. The van der Waals surface area contributed by atoms with E-state index in [9.17, 15) is 0 Å². The van der Waals surface area contributed by atoms with E-state index in [4.69, 9.17) is 5.73 Å². The van der Waals surface area contributed by atoms with Gasteiger partial charge >= 0.3 is 0 Å². The van der Waals surface area contributed by atoms with Crippen LogP contribution in [0.4, 0.5) is 5.82 Å². The predicted molar refractivity (Wildman–Crippen MR) is 66.8 cm³/mol. The number of nitrogen functional groups attached to an aromatic ring is 1. The monoisotopic (exact) mass is 215 g/mol. The summed E-state index contributed by atoms with van der Waals surface area (Å²) >= 11 is 0. The number of hydrogen-bond acceptors (Lipinski definition) is 2. The quantitative estimate of drug-likeness (QED) is 0.837. The molecule has 0 bridgehead atoms. The lowest BCUT2D eigenvalue weighted by atomic mass is 10.1. The van der Waals surface area contributed by atoms with Crippen LogP contribution < -0.4 is 5.73 Å². The summed E-state index contributed by atoms with van der Waals surface area (Å²) in [6, 6.07) is 8.23. The van der Waals surface area contributed by atoms with Crippen LogP contribution in [0, 0.1) is 13.8 Å². The Morgan fingerprint density at radius 2 is 2.00 bits per heavy atom. The van der Waals surface area contributed by atoms with Crippen molar-refractivity contribution in [2.75, 3.05) is 5.73 Å². The number of nitrogens with zero attached hydrogens (tertiary/aromatic N) is 2. The van der Waals surface area contributed by atoms with Gasteiger partial charge in [0.25, 0.3) is 0 Å². The Morgan fingerprint density at radius 1 is 1.25 bits per heavy atom. The lowest BCUT2D eigenvalue weighted by Gasteiger charge is -2.08. The average Bonchev–Trinajstić information content (AvgIpc) is 2.63. The van der Waals surface area contributed by atoms with E-state index in [1.807, 2.05) is 10.7 Å². The molecule has 2 aromatic rings. The molecule has 2 rings (SSSR count). The van der Waals surface area contributed by atoms with Gasteiger partial charge in [-0.05, 0) is 37.5 Å². The normalized spacial score (nSPS) is 10.7. The maximum Gasteiger partial charge on any atom is 0.127 e. The molecule has 0 amide bonds. The highest BCUT2D eigenvalue weighted by Crippen LogP contribution is 2.19. The fourth-order valence-electron chi connectivity index (χ4n) is 1.76. The van der Waals surface area contributed by atoms with Gasteiger partial charge in [0.1, 0.15) is 5.82 Å². The van der Waals surface area contributed by atoms with Gasteiger partial charge in [-0.3, -0.25) is 0 Å². The van der Waals surface area contributed by atoms with Crippen LogP contribution >= 0.6 is 0 Å². The van der Waals surface area contributed by atoms with Crippen molar-refractivity contribution in [1.82, 2.24) is 9.78 Å². The van der Waals surface area contributed by atoms with Crippen LogP contribution in [0.3, 0.4) is 0 Å². The molecule has 0 aliphatic carbocycles. The third-order valence-electron chi connectivity index (χ3n) is 2.74. The molecule has 0 aliphatic heterocycles. The molecule has 1 aromatic heterocycles. The third kappa shape index (κ3) is 1.81. The van der Waals surface area contributed by atoms with Crippen LogP contribution in [0.2, 0.25) is 0 Å². The summed E-state index contributed by atoms with van der Waals surface area (Å²) in [5, 5.41) is 4.49. The highest BCUT2D eigenvalue weighted by molar-refractivity contribution is 5.48. The SMILES string of the molecule is CCc1cc(N)n(-c2cc(C)ccc2C)n1. The Bertz CT molecular complexity index is 512. The average molecular weight is 215 g/mol. The lowest BCUT2D eigenvalue weighted by molar-refractivity contribution is 0.842. The van der Waals surface area contributed by atoms with Crippen molar-refractivity contribution in [3.05, 3.63) is 41.1 Å². The molecule has 16 heavy (non-hydrogen) atoms. The van der Waals surface area contributed by atoms with Crippen molar-refractivity contribution in [2.24, 2.45) is 0 Å². The van der Waals surface area contributed by atoms with Gasteiger partial charge < -0.3 is 5.73 Å². The summed E-state index contributed by atoms with van der Waals surface area (Å²) < 4.78 is 1.82. The number of hydrogen-bond donors (Lipinski definition) is 1. The second-order valence-corrected chi connectivity index (χ2v) is 4.12. The Kier molecular flexibility index (Phi) is 2.69. The molecule has 1 heterocycles. The van der Waals surface area contributed by atoms with Crippen LogP contribution in [-0.4, -0.2) is 9.78 Å². The molecule has 84 valence electrons. The van der Waals surface area contributed by atoms with E-state index in [2.05, 4.69) is 44.1 Å². The highest BCUT2D eigenvalue weighted by Gasteiger charge is 2.08. The zero-order valence-electron chi connectivity index (χ0n) is 9.99. The maximum absolute atomic E-state index is 5.97. The molecule has 0 unspecified atom stereocenters. The van der Waals surface area contributed by atoms with Crippen molar-refractivity contribution >= 4 is 5.82 Å². The molecule has 2 N–H and O–H groups in total. The minimum absolute atomic E-state index is 0.700. The van der Waals surface area contributed by atoms with E-state index in [-0.39, 0.29) is 0 Å². The number of anilines is 1. The van der Waals surface area contributed by atoms with Crippen molar-refractivity contribution in [1.29, 1.82) is 0 Å². The molecule has 0 spiro atoms. The Hall–Kier alpha value is -1.77. The first-order valence-corrected chi connectivity index (χ1v) is 5.54. The summed E-state index contributed by atoms with van der Waals surface area (Å²) in [4.78, 5) is 0. The van der Waals surface area contributed by atoms with Gasteiger partial charge in [-0.15, -0.1) is 0 Å². The van der Waals surface area contributed by atoms with Crippen LogP contribution in [0.25, 0.3) is 5.69 Å². The standard InChI is InChI=1S/C13H17N3/c1-4-11-8-13(14)16(15-11)12-7-9(2)5-6-10(12)3/h5-8H,4,14H2,1-3H3. The van der Waals surface area contributed by atoms with Crippen molar-refractivity contribution < 1.29 is 0 Å². The zero-order valence-corrected chi connectivity index (χ0v) is 9.99. The van der Waals surface area contributed by atoms with Crippen LogP contribution in [-0.2, 0) is 6.42 Å². The molecule has 0 saturated carbocycles. The minimum Gasteiger partial charge on any atom is -0.384 e. The summed E-state index contributed by atoms with van der Waals surface area (Å²) in [7, 11) is 0. The Labute approximate surface area is 95.9 Å². The highest BCUT2D eigenvalue weighted by atomic mass is 15.3. The summed E-state index contributed by atoms with van der Waals surface area (Å²) in [5.41, 5.74) is 10.5. The molecule has 3 heteroatoms. The molecule has 0 radical (unpaired) electrons. The number of benzene rings is 1. The second-order valence-electron chi connectivity index (χ2n) is 4.12. The first kappa shape index (κ1) is 10.7. The molecule has 3 nitrogen and oxygen atoms in total. The Morgan fingerprint density at radius 3 is 2.62 bits per heavy atom. The molecule has 0 atom stereocenters. The van der Waals surface area contributed by atoms with E-state index < -0.39 is 0 Å². The van der Waals surface area contributed by atoms with Crippen molar-refractivity contribution in [3.63, 3.8) is 0 Å². The zero-order chi connectivity index (χ0) is 11.7.